The average Bonchev–Trinajstić information content (AvgIpc) is 3.09. The highest BCUT2D eigenvalue weighted by Gasteiger charge is 2.35. The average molecular weight is 481 g/mol. The van der Waals surface area contributed by atoms with Gasteiger partial charge in [-0.15, -0.1) is 4.40 Å². The Kier molecular flexibility index (Phi) is 5.51. The van der Waals surface area contributed by atoms with Gasteiger partial charge < -0.3 is 14.1 Å². The highest BCUT2D eigenvalue weighted by atomic mass is 32.2. The summed E-state index contributed by atoms with van der Waals surface area (Å²) in [6, 6.07) is 11.8. The van der Waals surface area contributed by atoms with E-state index < -0.39 is 21.6 Å². The van der Waals surface area contributed by atoms with Gasteiger partial charge in [0.05, 0.1) is 5.92 Å². The first-order valence-corrected chi connectivity index (χ1v) is 12.6. The number of amidine groups is 1. The van der Waals surface area contributed by atoms with Crippen LogP contribution < -0.4 is 5.63 Å². The second-order valence-electron chi connectivity index (χ2n) is 8.80. The van der Waals surface area contributed by atoms with Crippen molar-refractivity contribution in [1.29, 1.82) is 0 Å². The number of esters is 1. The Labute approximate surface area is 196 Å². The molecule has 0 saturated carbocycles. The van der Waals surface area contributed by atoms with Crippen LogP contribution in [0.3, 0.4) is 0 Å². The van der Waals surface area contributed by atoms with Crippen molar-refractivity contribution in [3.05, 3.63) is 75.1 Å². The normalized spacial score (nSPS) is 19.1. The Morgan fingerprint density at radius 3 is 2.76 bits per heavy atom. The van der Waals surface area contributed by atoms with Crippen LogP contribution in [-0.4, -0.2) is 38.2 Å². The Morgan fingerprint density at radius 1 is 1.18 bits per heavy atom. The topological polar surface area (TPSA) is 106 Å². The molecule has 0 aliphatic carbocycles. The number of nitrogens with zero attached hydrogens (tertiary/aromatic N) is 2. The zero-order chi connectivity index (χ0) is 24.0. The van der Waals surface area contributed by atoms with Crippen molar-refractivity contribution in [2.24, 2.45) is 10.3 Å². The zero-order valence-electron chi connectivity index (χ0n) is 18.9. The van der Waals surface area contributed by atoms with Crippen LogP contribution in [0.15, 0.2) is 61.0 Å². The molecule has 0 radical (unpaired) electrons. The fourth-order valence-corrected chi connectivity index (χ4v) is 5.78. The smallest absolute Gasteiger partial charge is 0.336 e. The summed E-state index contributed by atoms with van der Waals surface area (Å²) < 4.78 is 39.7. The summed E-state index contributed by atoms with van der Waals surface area (Å²) in [6.45, 7) is 4.79. The highest BCUT2D eigenvalue weighted by molar-refractivity contribution is 7.90. The molecule has 1 fully saturated rings. The molecule has 5 rings (SSSR count). The summed E-state index contributed by atoms with van der Waals surface area (Å²) in [6.07, 6.45) is 1.34. The van der Waals surface area contributed by atoms with Gasteiger partial charge in [0.1, 0.15) is 17.1 Å². The summed E-state index contributed by atoms with van der Waals surface area (Å²) in [5, 5.41) is 0.739. The molecule has 0 bridgehead atoms. The molecule has 34 heavy (non-hydrogen) atoms. The Hall–Kier alpha value is -3.46. The fourth-order valence-electron chi connectivity index (χ4n) is 4.55. The van der Waals surface area contributed by atoms with E-state index in [9.17, 15) is 18.0 Å². The van der Waals surface area contributed by atoms with Crippen molar-refractivity contribution < 1.29 is 22.4 Å². The number of sulfonamides is 1. The maximum absolute atomic E-state index is 12.9. The molecule has 3 heterocycles. The lowest BCUT2D eigenvalue weighted by atomic mass is 9.97. The van der Waals surface area contributed by atoms with Crippen molar-refractivity contribution in [2.75, 3.05) is 13.1 Å². The Balaban J connectivity index is 1.33. The van der Waals surface area contributed by atoms with E-state index in [0.29, 0.717) is 48.5 Å². The van der Waals surface area contributed by atoms with Gasteiger partial charge in [-0.2, -0.15) is 8.42 Å². The van der Waals surface area contributed by atoms with E-state index in [1.807, 2.05) is 30.9 Å². The number of benzene rings is 2. The van der Waals surface area contributed by atoms with Gasteiger partial charge in [-0.25, -0.2) is 4.79 Å². The van der Waals surface area contributed by atoms with E-state index >= 15 is 0 Å². The number of hydrogen-bond acceptors (Lipinski definition) is 7. The van der Waals surface area contributed by atoms with Gasteiger partial charge >= 0.3 is 11.6 Å². The summed E-state index contributed by atoms with van der Waals surface area (Å²) in [5.41, 5.74) is 3.17. The van der Waals surface area contributed by atoms with Crippen LogP contribution in [0.1, 0.15) is 35.1 Å². The number of carbonyl (C=O) groups excluding carboxylic acids is 1. The van der Waals surface area contributed by atoms with E-state index in [2.05, 4.69) is 4.40 Å². The van der Waals surface area contributed by atoms with Crippen LogP contribution in [0.4, 0.5) is 0 Å². The molecular formula is C25H24N2O6S. The predicted octanol–water partition coefficient (Wildman–Crippen LogP) is 3.31. The highest BCUT2D eigenvalue weighted by Crippen LogP contribution is 2.30. The molecule has 1 atom stereocenters. The molecule has 1 saturated heterocycles. The van der Waals surface area contributed by atoms with Crippen molar-refractivity contribution in [3.8, 4) is 0 Å². The quantitative estimate of drug-likeness (QED) is 0.418. The third-order valence-electron chi connectivity index (χ3n) is 6.48. The van der Waals surface area contributed by atoms with E-state index in [1.165, 1.54) is 6.07 Å². The van der Waals surface area contributed by atoms with E-state index in [0.717, 1.165) is 16.5 Å². The summed E-state index contributed by atoms with van der Waals surface area (Å²) in [7, 11) is -3.73. The number of rotatable bonds is 3. The standard InChI is InChI=1S/C25H24N2O6S/c1-15-10-20-18(12-23(28)33-21(20)11-16(15)2)14-32-25(29)17-6-5-9-27(13-17)24-19-7-3-4-8-22(19)34(30,31)26-24/h3-4,7-8,10-12,17H,5-6,9,13-14H2,1-2H3/t17-/m1/s1. The monoisotopic (exact) mass is 480 g/mol. The molecule has 176 valence electrons. The number of carbonyl (C=O) groups is 1. The lowest BCUT2D eigenvalue weighted by Crippen LogP contribution is -2.42. The first-order valence-electron chi connectivity index (χ1n) is 11.1. The lowest BCUT2D eigenvalue weighted by Gasteiger charge is -2.32. The molecule has 2 aromatic carbocycles. The van der Waals surface area contributed by atoms with Crippen LogP contribution in [0.5, 0.6) is 0 Å². The summed E-state index contributed by atoms with van der Waals surface area (Å²) in [4.78, 5) is 27.0. The number of fused-ring (bicyclic) bond motifs is 2. The van der Waals surface area contributed by atoms with E-state index in [4.69, 9.17) is 9.15 Å². The van der Waals surface area contributed by atoms with Gasteiger partial charge in [-0.1, -0.05) is 12.1 Å². The van der Waals surface area contributed by atoms with Gasteiger partial charge in [0.2, 0.25) is 0 Å². The largest absolute Gasteiger partial charge is 0.461 e. The van der Waals surface area contributed by atoms with Crippen LogP contribution >= 0.6 is 0 Å². The molecule has 2 aliphatic heterocycles. The minimum absolute atomic E-state index is 0.0436. The lowest BCUT2D eigenvalue weighted by molar-refractivity contribution is -0.151. The second kappa shape index (κ2) is 8.39. The fraction of sp³-hybridized carbons (Fsp3) is 0.320. The molecule has 8 nitrogen and oxygen atoms in total. The van der Waals surface area contributed by atoms with Crippen LogP contribution in [-0.2, 0) is 26.2 Å². The van der Waals surface area contributed by atoms with Gasteiger partial charge in [0.25, 0.3) is 10.0 Å². The molecular weight excluding hydrogens is 456 g/mol. The van der Waals surface area contributed by atoms with Crippen molar-refractivity contribution >= 4 is 32.8 Å². The van der Waals surface area contributed by atoms with Gasteiger partial charge in [0, 0.05) is 35.7 Å². The third-order valence-corrected chi connectivity index (χ3v) is 7.81. The molecule has 0 N–H and O–H groups in total. The predicted molar refractivity (Wildman–Crippen MR) is 126 cm³/mol. The Bertz CT molecular complexity index is 1510. The number of hydrogen-bond donors (Lipinski definition) is 0. The first kappa shape index (κ1) is 22.3. The number of ether oxygens (including phenoxy) is 1. The van der Waals surface area contributed by atoms with Gasteiger partial charge in [-0.05, 0) is 62.1 Å². The third kappa shape index (κ3) is 4.00. The maximum Gasteiger partial charge on any atom is 0.336 e. The molecule has 3 aromatic rings. The molecule has 2 aliphatic rings. The molecule has 0 unspecified atom stereocenters. The van der Waals surface area contributed by atoms with Crippen molar-refractivity contribution in [2.45, 2.75) is 38.2 Å². The summed E-state index contributed by atoms with van der Waals surface area (Å²) in [5.74, 6) is -0.433. The second-order valence-corrected chi connectivity index (χ2v) is 10.4. The molecule has 0 spiro atoms. The number of aryl methyl sites for hydroxylation is 2. The van der Waals surface area contributed by atoms with Crippen LogP contribution in [0.25, 0.3) is 11.0 Å². The molecule has 9 heteroatoms. The van der Waals surface area contributed by atoms with Gasteiger partial charge in [-0.3, -0.25) is 4.79 Å². The van der Waals surface area contributed by atoms with E-state index in [1.54, 1.807) is 24.3 Å². The minimum atomic E-state index is -3.73. The van der Waals surface area contributed by atoms with Crippen LogP contribution in [0.2, 0.25) is 0 Å². The SMILES string of the molecule is Cc1cc2oc(=O)cc(COC(=O)[C@@H]3CCCN(C4=NS(=O)(=O)c5ccccc54)C3)c2cc1C. The Morgan fingerprint density at radius 2 is 1.94 bits per heavy atom. The first-order chi connectivity index (χ1) is 16.2. The number of likely N-dealkylation sites (tertiary alicyclic amines) is 1. The molecule has 1 aromatic heterocycles. The van der Waals surface area contributed by atoms with Crippen LogP contribution in [0, 0.1) is 19.8 Å². The van der Waals surface area contributed by atoms with Gasteiger partial charge in [0.15, 0.2) is 5.84 Å². The van der Waals surface area contributed by atoms with Crippen molar-refractivity contribution in [1.82, 2.24) is 4.90 Å². The zero-order valence-corrected chi connectivity index (χ0v) is 19.7. The summed E-state index contributed by atoms with van der Waals surface area (Å²) >= 11 is 0. The van der Waals surface area contributed by atoms with E-state index in [-0.39, 0.29) is 17.5 Å². The minimum Gasteiger partial charge on any atom is -0.461 e. The van der Waals surface area contributed by atoms with Crippen molar-refractivity contribution in [3.63, 3.8) is 0 Å². The molecule has 0 amide bonds. The number of piperidine rings is 1. The maximum atomic E-state index is 12.9.